The molecule has 1 aromatic heterocycles. The standard InChI is InChI=1S/C17H28N4O3S/c1-15-13-18-7-6-17(15)19-8-4-9-20(12-11-19)25(22,23)21-10-3-5-16(21)14-24-2/h6-7,13,16H,3-5,8-12,14H2,1-2H3. The van der Waals surface area contributed by atoms with Gasteiger partial charge in [-0.25, -0.2) is 0 Å². The molecular formula is C17H28N4O3S. The van der Waals surface area contributed by atoms with Gasteiger partial charge in [-0.05, 0) is 37.8 Å². The average Bonchev–Trinajstić information content (AvgIpc) is 2.92. The molecule has 8 heteroatoms. The second kappa shape index (κ2) is 7.99. The fourth-order valence-electron chi connectivity index (χ4n) is 3.81. The van der Waals surface area contributed by atoms with Crippen molar-refractivity contribution in [3.63, 3.8) is 0 Å². The second-order valence-electron chi connectivity index (χ2n) is 6.77. The molecule has 0 N–H and O–H groups in total. The van der Waals surface area contributed by atoms with Crippen LogP contribution in [0.15, 0.2) is 18.5 Å². The highest BCUT2D eigenvalue weighted by molar-refractivity contribution is 7.86. The minimum atomic E-state index is -3.42. The predicted molar refractivity (Wildman–Crippen MR) is 97.9 cm³/mol. The van der Waals surface area contributed by atoms with Gasteiger partial charge >= 0.3 is 0 Å². The summed E-state index contributed by atoms with van der Waals surface area (Å²) >= 11 is 0. The number of ether oxygens (including phenoxy) is 1. The van der Waals surface area contributed by atoms with Gasteiger partial charge in [0.25, 0.3) is 10.2 Å². The SMILES string of the molecule is COCC1CCCN1S(=O)(=O)N1CCCN(c2ccncc2C)CC1. The van der Waals surface area contributed by atoms with Crippen LogP contribution >= 0.6 is 0 Å². The van der Waals surface area contributed by atoms with Gasteiger partial charge in [0.2, 0.25) is 0 Å². The van der Waals surface area contributed by atoms with Gasteiger partial charge in [-0.2, -0.15) is 17.0 Å². The summed E-state index contributed by atoms with van der Waals surface area (Å²) in [4.78, 5) is 6.41. The Morgan fingerprint density at radius 3 is 2.80 bits per heavy atom. The summed E-state index contributed by atoms with van der Waals surface area (Å²) in [5.74, 6) is 0. The molecule has 25 heavy (non-hydrogen) atoms. The summed E-state index contributed by atoms with van der Waals surface area (Å²) in [6.45, 7) is 5.75. The van der Waals surface area contributed by atoms with Crippen LogP contribution in [-0.4, -0.2) is 74.5 Å². The second-order valence-corrected chi connectivity index (χ2v) is 8.65. The van der Waals surface area contributed by atoms with E-state index in [-0.39, 0.29) is 6.04 Å². The topological polar surface area (TPSA) is 66.0 Å². The van der Waals surface area contributed by atoms with Gasteiger partial charge in [-0.3, -0.25) is 4.98 Å². The number of hydrogen-bond donors (Lipinski definition) is 0. The van der Waals surface area contributed by atoms with Crippen LogP contribution in [0.4, 0.5) is 5.69 Å². The summed E-state index contributed by atoms with van der Waals surface area (Å²) in [6.07, 6.45) is 6.26. The molecule has 0 aliphatic carbocycles. The number of methoxy groups -OCH3 is 1. The van der Waals surface area contributed by atoms with Gasteiger partial charge in [0.05, 0.1) is 6.61 Å². The van der Waals surface area contributed by atoms with Crippen LogP contribution < -0.4 is 4.90 Å². The molecule has 7 nitrogen and oxygen atoms in total. The molecule has 3 rings (SSSR count). The van der Waals surface area contributed by atoms with Crippen molar-refractivity contribution in [2.24, 2.45) is 0 Å². The van der Waals surface area contributed by atoms with Crippen molar-refractivity contribution in [2.45, 2.75) is 32.2 Å². The summed E-state index contributed by atoms with van der Waals surface area (Å²) in [7, 11) is -1.80. The van der Waals surface area contributed by atoms with Crippen LogP contribution in [0.1, 0.15) is 24.8 Å². The first-order valence-corrected chi connectivity index (χ1v) is 10.3. The van der Waals surface area contributed by atoms with E-state index in [4.69, 9.17) is 4.74 Å². The van der Waals surface area contributed by atoms with Crippen molar-refractivity contribution in [1.82, 2.24) is 13.6 Å². The van der Waals surface area contributed by atoms with Crippen molar-refractivity contribution in [2.75, 3.05) is 51.3 Å². The van der Waals surface area contributed by atoms with E-state index in [0.717, 1.165) is 37.1 Å². The fraction of sp³-hybridized carbons (Fsp3) is 0.706. The van der Waals surface area contributed by atoms with Crippen LogP contribution in [0.3, 0.4) is 0 Å². The molecule has 0 bridgehead atoms. The van der Waals surface area contributed by atoms with Gasteiger partial charge in [-0.15, -0.1) is 0 Å². The third-order valence-corrected chi connectivity index (χ3v) is 7.18. The maximum absolute atomic E-state index is 13.1. The Balaban J connectivity index is 1.71. The van der Waals surface area contributed by atoms with E-state index in [9.17, 15) is 8.42 Å². The minimum Gasteiger partial charge on any atom is -0.383 e. The lowest BCUT2D eigenvalue weighted by Crippen LogP contribution is -2.48. The Bertz CT molecular complexity index is 682. The molecule has 2 aliphatic rings. The van der Waals surface area contributed by atoms with E-state index in [2.05, 4.69) is 9.88 Å². The van der Waals surface area contributed by atoms with Crippen molar-refractivity contribution < 1.29 is 13.2 Å². The van der Waals surface area contributed by atoms with E-state index in [0.29, 0.717) is 32.8 Å². The molecule has 3 heterocycles. The Hall–Kier alpha value is -1.22. The first-order valence-electron chi connectivity index (χ1n) is 8.95. The number of hydrogen-bond acceptors (Lipinski definition) is 5. The molecule has 0 spiro atoms. The Morgan fingerprint density at radius 2 is 2.04 bits per heavy atom. The van der Waals surface area contributed by atoms with Gasteiger partial charge in [-0.1, -0.05) is 0 Å². The van der Waals surface area contributed by atoms with Gasteiger partial charge in [0, 0.05) is 64.0 Å². The average molecular weight is 369 g/mol. The molecule has 0 aromatic carbocycles. The fourth-order valence-corrected chi connectivity index (χ4v) is 5.68. The minimum absolute atomic E-state index is 0.0307. The predicted octanol–water partition coefficient (Wildman–Crippen LogP) is 1.26. The molecule has 1 unspecified atom stereocenters. The largest absolute Gasteiger partial charge is 0.383 e. The number of aryl methyl sites for hydroxylation is 1. The van der Waals surface area contributed by atoms with Crippen molar-refractivity contribution in [3.05, 3.63) is 24.0 Å². The lowest BCUT2D eigenvalue weighted by atomic mass is 10.2. The maximum Gasteiger partial charge on any atom is 0.282 e. The zero-order chi connectivity index (χ0) is 17.9. The quantitative estimate of drug-likeness (QED) is 0.783. The molecule has 140 valence electrons. The molecule has 0 amide bonds. The lowest BCUT2D eigenvalue weighted by Gasteiger charge is -2.30. The number of nitrogens with zero attached hydrogens (tertiary/aromatic N) is 4. The summed E-state index contributed by atoms with van der Waals surface area (Å²) in [5.41, 5.74) is 2.27. The first kappa shape index (κ1) is 18.6. The highest BCUT2D eigenvalue weighted by Gasteiger charge is 2.38. The number of rotatable bonds is 5. The Morgan fingerprint density at radius 1 is 1.20 bits per heavy atom. The summed E-state index contributed by atoms with van der Waals surface area (Å²) in [5, 5.41) is 0. The zero-order valence-corrected chi connectivity index (χ0v) is 15.9. The third-order valence-electron chi connectivity index (χ3n) is 5.09. The van der Waals surface area contributed by atoms with Crippen LogP contribution in [0.2, 0.25) is 0 Å². The summed E-state index contributed by atoms with van der Waals surface area (Å²) in [6, 6.07) is 1.98. The molecule has 2 aliphatic heterocycles. The van der Waals surface area contributed by atoms with Crippen molar-refractivity contribution in [1.29, 1.82) is 0 Å². The number of pyridine rings is 1. The number of anilines is 1. The van der Waals surface area contributed by atoms with E-state index >= 15 is 0 Å². The molecule has 0 saturated carbocycles. The van der Waals surface area contributed by atoms with Gasteiger partial charge < -0.3 is 9.64 Å². The van der Waals surface area contributed by atoms with E-state index in [1.54, 1.807) is 21.9 Å². The molecular weight excluding hydrogens is 340 g/mol. The monoisotopic (exact) mass is 368 g/mol. The highest BCUT2D eigenvalue weighted by Crippen LogP contribution is 2.26. The molecule has 1 aromatic rings. The maximum atomic E-state index is 13.1. The van der Waals surface area contributed by atoms with E-state index in [1.807, 2.05) is 19.2 Å². The molecule has 1 atom stereocenters. The normalized spacial score (nSPS) is 23.8. The van der Waals surface area contributed by atoms with Gasteiger partial charge in [0.15, 0.2) is 0 Å². The first-order chi connectivity index (χ1) is 12.0. The highest BCUT2D eigenvalue weighted by atomic mass is 32.2. The number of aromatic nitrogens is 1. The Kier molecular flexibility index (Phi) is 5.93. The third kappa shape index (κ3) is 3.97. The summed E-state index contributed by atoms with van der Waals surface area (Å²) < 4.78 is 34.7. The lowest BCUT2D eigenvalue weighted by molar-refractivity contribution is 0.146. The smallest absolute Gasteiger partial charge is 0.282 e. The van der Waals surface area contributed by atoms with Crippen LogP contribution in [0.25, 0.3) is 0 Å². The molecule has 2 saturated heterocycles. The molecule has 2 fully saturated rings. The molecule has 0 radical (unpaired) electrons. The van der Waals surface area contributed by atoms with Crippen LogP contribution in [0.5, 0.6) is 0 Å². The van der Waals surface area contributed by atoms with Gasteiger partial charge in [0.1, 0.15) is 0 Å². The van der Waals surface area contributed by atoms with Crippen molar-refractivity contribution in [3.8, 4) is 0 Å². The van der Waals surface area contributed by atoms with Crippen molar-refractivity contribution >= 4 is 15.9 Å². The van der Waals surface area contributed by atoms with E-state index in [1.165, 1.54) is 0 Å². The Labute approximate surface area is 150 Å². The van der Waals surface area contributed by atoms with E-state index < -0.39 is 10.2 Å². The van der Waals surface area contributed by atoms with Crippen LogP contribution in [-0.2, 0) is 14.9 Å². The van der Waals surface area contributed by atoms with Crippen LogP contribution in [0, 0.1) is 6.92 Å². The zero-order valence-electron chi connectivity index (χ0n) is 15.1.